The topological polar surface area (TPSA) is 30.9 Å². The van der Waals surface area contributed by atoms with E-state index in [1.165, 1.54) is 32.1 Å². The van der Waals surface area contributed by atoms with Crippen molar-refractivity contribution in [3.05, 3.63) is 0 Å². The molecule has 2 heterocycles. The lowest BCUT2D eigenvalue weighted by molar-refractivity contribution is -0.0192. The van der Waals surface area contributed by atoms with Crippen LogP contribution < -0.4 is 0 Å². The normalized spacial score (nSPS) is 43.9. The van der Waals surface area contributed by atoms with E-state index >= 15 is 0 Å². The van der Waals surface area contributed by atoms with Crippen molar-refractivity contribution in [1.29, 1.82) is 0 Å². The predicted molar refractivity (Wildman–Crippen MR) is 87.0 cm³/mol. The molecule has 0 aromatic rings. The fraction of sp³-hybridized carbons (Fsp3) is 1.00. The van der Waals surface area contributed by atoms with E-state index in [1.807, 2.05) is 0 Å². The number of nitrogens with zero attached hydrogens (tertiary/aromatic N) is 1. The van der Waals surface area contributed by atoms with Crippen LogP contribution in [0.3, 0.4) is 0 Å². The van der Waals surface area contributed by atoms with Gasteiger partial charge in [-0.25, -0.2) is 0 Å². The first-order chi connectivity index (χ1) is 10.3. The lowest BCUT2D eigenvalue weighted by Gasteiger charge is -2.42. The third-order valence-electron chi connectivity index (χ3n) is 7.29. The summed E-state index contributed by atoms with van der Waals surface area (Å²) in [6.07, 6.45) is 6.35. The molecule has 4 rings (SSSR count). The summed E-state index contributed by atoms with van der Waals surface area (Å²) in [4.78, 5) is 2.70. The molecule has 4 nitrogen and oxygen atoms in total. The molecule has 4 fully saturated rings. The molecule has 2 aliphatic carbocycles. The number of ether oxygens (including phenoxy) is 1. The van der Waals surface area contributed by atoms with Crippen molar-refractivity contribution in [2.45, 2.75) is 81.9 Å². The highest BCUT2D eigenvalue weighted by Crippen LogP contribution is 2.67. The van der Waals surface area contributed by atoms with E-state index in [0.29, 0.717) is 5.54 Å². The van der Waals surface area contributed by atoms with Crippen molar-refractivity contribution in [1.82, 2.24) is 4.90 Å². The molecule has 0 amide bonds. The minimum atomic E-state index is -0.209. The van der Waals surface area contributed by atoms with Gasteiger partial charge in [0.25, 0.3) is 0 Å². The molecule has 0 aromatic heterocycles. The van der Waals surface area contributed by atoms with Crippen molar-refractivity contribution < 1.29 is 14.0 Å². The number of morpholine rings is 1. The minimum Gasteiger partial charge on any atom is -0.403 e. The molecular formula is C17H30BNO3. The molecule has 2 aliphatic heterocycles. The van der Waals surface area contributed by atoms with E-state index in [1.54, 1.807) is 0 Å². The second kappa shape index (κ2) is 4.72. The Labute approximate surface area is 135 Å². The van der Waals surface area contributed by atoms with Gasteiger partial charge in [0.05, 0.1) is 24.4 Å². The minimum absolute atomic E-state index is 0.0251. The van der Waals surface area contributed by atoms with E-state index in [9.17, 15) is 0 Å². The van der Waals surface area contributed by atoms with Gasteiger partial charge in [-0.1, -0.05) is 0 Å². The fourth-order valence-corrected chi connectivity index (χ4v) is 5.10. The summed E-state index contributed by atoms with van der Waals surface area (Å²) in [6, 6.07) is 0. The Hall–Kier alpha value is -0.0951. The van der Waals surface area contributed by atoms with Gasteiger partial charge in [0.1, 0.15) is 0 Å². The van der Waals surface area contributed by atoms with Crippen LogP contribution >= 0.6 is 0 Å². The highest BCUT2D eigenvalue weighted by atomic mass is 16.7. The number of hydrogen-bond donors (Lipinski definition) is 0. The van der Waals surface area contributed by atoms with E-state index in [2.05, 4.69) is 32.6 Å². The van der Waals surface area contributed by atoms with E-state index < -0.39 is 0 Å². The second-order valence-electron chi connectivity index (χ2n) is 8.95. The lowest BCUT2D eigenvalue weighted by Crippen LogP contribution is -2.51. The Morgan fingerprint density at radius 1 is 0.818 bits per heavy atom. The highest BCUT2D eigenvalue weighted by molar-refractivity contribution is 6.50. The number of fused-ring (bicyclic) bond motifs is 2. The second-order valence-corrected chi connectivity index (χ2v) is 8.95. The molecule has 22 heavy (non-hydrogen) atoms. The van der Waals surface area contributed by atoms with Gasteiger partial charge in [0, 0.05) is 23.9 Å². The fourth-order valence-electron chi connectivity index (χ4n) is 5.10. The molecule has 2 saturated carbocycles. The van der Waals surface area contributed by atoms with Gasteiger partial charge in [-0.3, -0.25) is 4.90 Å². The summed E-state index contributed by atoms with van der Waals surface area (Å²) in [5.74, 6) is 0. The first-order valence-electron chi connectivity index (χ1n) is 8.97. The average Bonchev–Trinajstić information content (AvgIpc) is 3.11. The summed E-state index contributed by atoms with van der Waals surface area (Å²) in [6.45, 7) is 12.7. The van der Waals surface area contributed by atoms with Crippen molar-refractivity contribution in [3.63, 3.8) is 0 Å². The SMILES string of the molecule is CC1(C)OB(C23CCC(N4CCOCC4)(CC2)C3)OC1(C)C. The van der Waals surface area contributed by atoms with Crippen LogP contribution in [0.15, 0.2) is 0 Å². The van der Waals surface area contributed by atoms with Gasteiger partial charge in [-0.15, -0.1) is 0 Å². The third kappa shape index (κ3) is 2.05. The maximum atomic E-state index is 6.44. The smallest absolute Gasteiger partial charge is 0.403 e. The van der Waals surface area contributed by atoms with Crippen LogP contribution in [-0.2, 0) is 14.0 Å². The third-order valence-corrected chi connectivity index (χ3v) is 7.29. The molecule has 0 aromatic carbocycles. The van der Waals surface area contributed by atoms with E-state index in [4.69, 9.17) is 14.0 Å². The summed E-state index contributed by atoms with van der Waals surface area (Å²) in [7, 11) is -0.0251. The van der Waals surface area contributed by atoms with Gasteiger partial charge >= 0.3 is 7.12 Å². The lowest BCUT2D eigenvalue weighted by atomic mass is 9.55. The van der Waals surface area contributed by atoms with E-state index in [0.717, 1.165) is 26.3 Å². The maximum Gasteiger partial charge on any atom is 0.464 e. The first kappa shape index (κ1) is 15.4. The molecule has 0 radical (unpaired) electrons. The molecule has 0 N–H and O–H groups in total. The van der Waals surface area contributed by atoms with Crippen molar-refractivity contribution in [2.24, 2.45) is 0 Å². The zero-order valence-electron chi connectivity index (χ0n) is 14.6. The van der Waals surface area contributed by atoms with Crippen LogP contribution in [0, 0.1) is 0 Å². The van der Waals surface area contributed by atoms with Gasteiger partial charge in [0.2, 0.25) is 0 Å². The Bertz CT molecular complexity index is 435. The average molecular weight is 307 g/mol. The molecule has 0 unspecified atom stereocenters. The Morgan fingerprint density at radius 3 is 1.91 bits per heavy atom. The largest absolute Gasteiger partial charge is 0.464 e. The van der Waals surface area contributed by atoms with Gasteiger partial charge in [-0.2, -0.15) is 0 Å². The first-order valence-corrected chi connectivity index (χ1v) is 8.97. The molecule has 2 saturated heterocycles. The van der Waals surface area contributed by atoms with Crippen LogP contribution in [0.2, 0.25) is 5.31 Å². The molecule has 0 atom stereocenters. The van der Waals surface area contributed by atoms with Crippen molar-refractivity contribution >= 4 is 7.12 Å². The van der Waals surface area contributed by atoms with Crippen LogP contribution in [0.1, 0.15) is 59.8 Å². The highest BCUT2D eigenvalue weighted by Gasteiger charge is 2.67. The number of rotatable bonds is 2. The van der Waals surface area contributed by atoms with Crippen LogP contribution in [0.4, 0.5) is 0 Å². The Kier molecular flexibility index (Phi) is 3.31. The van der Waals surface area contributed by atoms with Gasteiger partial charge < -0.3 is 14.0 Å². The zero-order chi connectivity index (χ0) is 15.6. The molecule has 0 spiro atoms. The van der Waals surface area contributed by atoms with E-state index in [-0.39, 0.29) is 23.6 Å². The Balaban J connectivity index is 1.53. The summed E-state index contributed by atoms with van der Waals surface area (Å²) in [5, 5.41) is 0.239. The van der Waals surface area contributed by atoms with Crippen molar-refractivity contribution in [3.8, 4) is 0 Å². The summed E-state index contributed by atoms with van der Waals surface area (Å²) >= 11 is 0. The molecule has 2 bridgehead atoms. The number of hydrogen-bond acceptors (Lipinski definition) is 4. The standard InChI is InChI=1S/C17H30BNO3/c1-14(2)15(3,4)22-18(21-14)16-5-7-17(13-16,8-6-16)19-9-11-20-12-10-19/h5-13H2,1-4H3. The molecule has 5 heteroatoms. The summed E-state index contributed by atoms with van der Waals surface area (Å²) in [5.41, 5.74) is -0.0220. The van der Waals surface area contributed by atoms with Crippen LogP contribution in [-0.4, -0.2) is 55.1 Å². The molecule has 124 valence electrons. The summed E-state index contributed by atoms with van der Waals surface area (Å²) < 4.78 is 18.4. The van der Waals surface area contributed by atoms with Gasteiger partial charge in [0.15, 0.2) is 0 Å². The molecule has 4 aliphatic rings. The Morgan fingerprint density at radius 2 is 1.36 bits per heavy atom. The maximum absolute atomic E-state index is 6.44. The quantitative estimate of drug-likeness (QED) is 0.734. The monoisotopic (exact) mass is 307 g/mol. The van der Waals surface area contributed by atoms with Crippen molar-refractivity contribution in [2.75, 3.05) is 26.3 Å². The van der Waals surface area contributed by atoms with Crippen LogP contribution in [0.5, 0.6) is 0 Å². The zero-order valence-corrected chi connectivity index (χ0v) is 14.6. The predicted octanol–water partition coefficient (Wildman–Crippen LogP) is 2.87. The molecular weight excluding hydrogens is 277 g/mol. The van der Waals surface area contributed by atoms with Crippen LogP contribution in [0.25, 0.3) is 0 Å². The van der Waals surface area contributed by atoms with Gasteiger partial charge in [-0.05, 0) is 59.8 Å².